The lowest BCUT2D eigenvalue weighted by atomic mass is 10.1. The van der Waals surface area contributed by atoms with Crippen LogP contribution < -0.4 is 11.1 Å². The molecular weight excluding hydrogens is 245 g/mol. The maximum Gasteiger partial charge on any atom is 0.258 e. The summed E-state index contributed by atoms with van der Waals surface area (Å²) in [6.45, 7) is 0.577. The maximum atomic E-state index is 13.4. The fraction of sp³-hybridized carbons (Fsp3) is 0.143. The van der Waals surface area contributed by atoms with Crippen LogP contribution in [0.4, 0.5) is 10.1 Å². The zero-order valence-corrected chi connectivity index (χ0v) is 10.3. The van der Waals surface area contributed by atoms with Gasteiger partial charge in [-0.05, 0) is 36.7 Å². The molecule has 1 amide bonds. The van der Waals surface area contributed by atoms with E-state index < -0.39 is 11.7 Å². The molecule has 5 heteroatoms. The third-order valence-electron chi connectivity index (χ3n) is 2.66. The van der Waals surface area contributed by atoms with E-state index in [0.717, 1.165) is 18.2 Å². The van der Waals surface area contributed by atoms with Gasteiger partial charge in [0.05, 0.1) is 11.8 Å². The Bertz CT molecular complexity index is 569. The number of benzene rings is 1. The summed E-state index contributed by atoms with van der Waals surface area (Å²) in [4.78, 5) is 15.4. The number of halogens is 1. The van der Waals surface area contributed by atoms with E-state index in [4.69, 9.17) is 5.73 Å². The summed E-state index contributed by atoms with van der Waals surface area (Å²) < 4.78 is 13.4. The van der Waals surface area contributed by atoms with Gasteiger partial charge in [0.1, 0.15) is 0 Å². The van der Waals surface area contributed by atoms with Crippen LogP contribution in [0.25, 0.3) is 0 Å². The van der Waals surface area contributed by atoms with Crippen molar-refractivity contribution in [2.45, 2.75) is 6.42 Å². The van der Waals surface area contributed by atoms with E-state index in [1.165, 1.54) is 12.3 Å². The Morgan fingerprint density at radius 1 is 1.26 bits per heavy atom. The van der Waals surface area contributed by atoms with E-state index in [1.54, 1.807) is 12.1 Å². The van der Waals surface area contributed by atoms with Crippen molar-refractivity contribution in [1.82, 2.24) is 4.98 Å². The highest BCUT2D eigenvalue weighted by atomic mass is 19.1. The van der Waals surface area contributed by atoms with Crippen LogP contribution in [0.5, 0.6) is 0 Å². The highest BCUT2D eigenvalue weighted by Gasteiger charge is 2.11. The predicted octanol–water partition coefficient (Wildman–Crippen LogP) is 1.97. The van der Waals surface area contributed by atoms with Gasteiger partial charge >= 0.3 is 0 Å². The molecule has 0 aliphatic rings. The molecule has 0 aliphatic heterocycles. The fourth-order valence-electron chi connectivity index (χ4n) is 1.68. The first-order valence-corrected chi connectivity index (χ1v) is 5.90. The van der Waals surface area contributed by atoms with Crippen LogP contribution in [0.1, 0.15) is 15.9 Å². The summed E-state index contributed by atoms with van der Waals surface area (Å²) in [5, 5.41) is 2.63. The number of nitrogens with two attached hydrogens (primary N) is 1. The number of carbonyl (C=O) groups is 1. The number of aromatic nitrogens is 1. The molecule has 0 saturated carbocycles. The first kappa shape index (κ1) is 13.2. The Kier molecular flexibility index (Phi) is 4.20. The molecular formula is C14H14FN3O. The second-order valence-electron chi connectivity index (χ2n) is 4.05. The molecule has 0 saturated heterocycles. The molecule has 98 valence electrons. The minimum absolute atomic E-state index is 0.0268. The number of pyridine rings is 1. The van der Waals surface area contributed by atoms with Crippen molar-refractivity contribution in [3.05, 3.63) is 59.7 Å². The number of hydrogen-bond acceptors (Lipinski definition) is 3. The second-order valence-corrected chi connectivity index (χ2v) is 4.05. The van der Waals surface area contributed by atoms with Crippen LogP contribution >= 0.6 is 0 Å². The van der Waals surface area contributed by atoms with Crippen LogP contribution in [0.15, 0.2) is 42.7 Å². The Morgan fingerprint density at radius 3 is 2.63 bits per heavy atom. The normalized spacial score (nSPS) is 10.2. The van der Waals surface area contributed by atoms with E-state index in [2.05, 4.69) is 10.3 Å². The third-order valence-corrected chi connectivity index (χ3v) is 2.66. The standard InChI is InChI=1S/C14H14FN3O/c15-13-9-17-8-6-12(13)14(19)18-11-3-1-10(2-4-11)5-7-16/h1-4,6,8-9H,5,7,16H2,(H,18,19). The molecule has 1 aromatic carbocycles. The first-order valence-electron chi connectivity index (χ1n) is 5.90. The number of hydrogen-bond donors (Lipinski definition) is 2. The molecule has 1 aromatic heterocycles. The molecule has 0 atom stereocenters. The molecule has 3 N–H and O–H groups in total. The van der Waals surface area contributed by atoms with Gasteiger partial charge in [-0.25, -0.2) is 4.39 Å². The van der Waals surface area contributed by atoms with Crippen LogP contribution in [0.2, 0.25) is 0 Å². The Hall–Kier alpha value is -2.27. The molecule has 1 heterocycles. The third kappa shape index (κ3) is 3.35. The average Bonchev–Trinajstić information content (AvgIpc) is 2.42. The molecule has 0 fully saturated rings. The van der Waals surface area contributed by atoms with Crippen molar-refractivity contribution in [3.63, 3.8) is 0 Å². The van der Waals surface area contributed by atoms with Crippen molar-refractivity contribution in [1.29, 1.82) is 0 Å². The van der Waals surface area contributed by atoms with Crippen LogP contribution in [-0.2, 0) is 6.42 Å². The molecule has 4 nitrogen and oxygen atoms in total. The number of amides is 1. The summed E-state index contributed by atoms with van der Waals surface area (Å²) in [7, 11) is 0. The van der Waals surface area contributed by atoms with Crippen molar-refractivity contribution in [2.75, 3.05) is 11.9 Å². The number of nitrogens with zero attached hydrogens (tertiary/aromatic N) is 1. The van der Waals surface area contributed by atoms with Gasteiger partial charge in [0.25, 0.3) is 5.91 Å². The highest BCUT2D eigenvalue weighted by Crippen LogP contribution is 2.12. The smallest absolute Gasteiger partial charge is 0.258 e. The van der Waals surface area contributed by atoms with Crippen LogP contribution in [0, 0.1) is 5.82 Å². The molecule has 2 aromatic rings. The lowest BCUT2D eigenvalue weighted by Crippen LogP contribution is -2.14. The number of nitrogens with one attached hydrogen (secondary N) is 1. The van der Waals surface area contributed by atoms with Gasteiger partial charge in [-0.1, -0.05) is 12.1 Å². The summed E-state index contributed by atoms with van der Waals surface area (Å²) in [6, 6.07) is 8.63. The van der Waals surface area contributed by atoms with E-state index in [-0.39, 0.29) is 5.56 Å². The van der Waals surface area contributed by atoms with Gasteiger partial charge in [0.2, 0.25) is 0 Å². The van der Waals surface area contributed by atoms with Crippen LogP contribution in [-0.4, -0.2) is 17.4 Å². The topological polar surface area (TPSA) is 68.0 Å². The highest BCUT2D eigenvalue weighted by molar-refractivity contribution is 6.04. The average molecular weight is 259 g/mol. The van der Waals surface area contributed by atoms with Gasteiger partial charge in [0, 0.05) is 11.9 Å². The monoisotopic (exact) mass is 259 g/mol. The summed E-state index contributed by atoms with van der Waals surface area (Å²) in [5.74, 6) is -1.13. The van der Waals surface area contributed by atoms with Gasteiger partial charge < -0.3 is 11.1 Å². The molecule has 19 heavy (non-hydrogen) atoms. The van der Waals surface area contributed by atoms with Crippen molar-refractivity contribution >= 4 is 11.6 Å². The van der Waals surface area contributed by atoms with Gasteiger partial charge in [0.15, 0.2) is 5.82 Å². The van der Waals surface area contributed by atoms with Gasteiger partial charge in [-0.15, -0.1) is 0 Å². The summed E-state index contributed by atoms with van der Waals surface area (Å²) >= 11 is 0. The quantitative estimate of drug-likeness (QED) is 0.882. The molecule has 2 rings (SSSR count). The second kappa shape index (κ2) is 6.06. The summed E-state index contributed by atoms with van der Waals surface area (Å²) in [6.07, 6.45) is 3.18. The van der Waals surface area contributed by atoms with E-state index >= 15 is 0 Å². The number of carbonyl (C=O) groups excluding carboxylic acids is 1. The first-order chi connectivity index (χ1) is 9.20. The molecule has 0 spiro atoms. The zero-order chi connectivity index (χ0) is 13.7. The van der Waals surface area contributed by atoms with E-state index in [0.29, 0.717) is 12.2 Å². The summed E-state index contributed by atoms with van der Waals surface area (Å²) in [5.41, 5.74) is 7.13. The van der Waals surface area contributed by atoms with Gasteiger partial charge in [-0.2, -0.15) is 0 Å². The Labute approximate surface area is 110 Å². The minimum atomic E-state index is -0.639. The fourth-order valence-corrected chi connectivity index (χ4v) is 1.68. The number of rotatable bonds is 4. The van der Waals surface area contributed by atoms with Crippen molar-refractivity contribution in [2.24, 2.45) is 5.73 Å². The number of anilines is 1. The van der Waals surface area contributed by atoms with Crippen molar-refractivity contribution < 1.29 is 9.18 Å². The lowest BCUT2D eigenvalue weighted by molar-refractivity contribution is 0.102. The van der Waals surface area contributed by atoms with Gasteiger partial charge in [-0.3, -0.25) is 9.78 Å². The van der Waals surface area contributed by atoms with E-state index in [1.807, 2.05) is 12.1 Å². The Morgan fingerprint density at radius 2 is 2.00 bits per heavy atom. The SMILES string of the molecule is NCCc1ccc(NC(=O)c2ccncc2F)cc1. The molecule has 0 radical (unpaired) electrons. The maximum absolute atomic E-state index is 13.4. The van der Waals surface area contributed by atoms with E-state index in [9.17, 15) is 9.18 Å². The predicted molar refractivity (Wildman–Crippen MR) is 71.3 cm³/mol. The largest absolute Gasteiger partial charge is 0.330 e. The molecule has 0 bridgehead atoms. The van der Waals surface area contributed by atoms with Crippen molar-refractivity contribution in [3.8, 4) is 0 Å². The molecule has 0 unspecified atom stereocenters. The lowest BCUT2D eigenvalue weighted by Gasteiger charge is -2.06. The minimum Gasteiger partial charge on any atom is -0.330 e. The van der Waals surface area contributed by atoms with Crippen LogP contribution in [0.3, 0.4) is 0 Å². The zero-order valence-electron chi connectivity index (χ0n) is 10.3. The molecule has 0 aliphatic carbocycles. The Balaban J connectivity index is 2.09.